The fourth-order valence-electron chi connectivity index (χ4n) is 8.15. The molecule has 1 amide bonds. The van der Waals surface area contributed by atoms with E-state index in [4.69, 9.17) is 4.74 Å². The van der Waals surface area contributed by atoms with Gasteiger partial charge in [0.05, 0.1) is 13.2 Å². The van der Waals surface area contributed by atoms with E-state index in [0.717, 1.165) is 79.3 Å². The van der Waals surface area contributed by atoms with E-state index >= 15 is 0 Å². The Morgan fingerprint density at radius 3 is 2.42 bits per heavy atom. The fourth-order valence-corrected chi connectivity index (χ4v) is 8.15. The van der Waals surface area contributed by atoms with Gasteiger partial charge in [-0.1, -0.05) is 31.2 Å². The molecular formula is C41H52N4O3. The second kappa shape index (κ2) is 12.6. The molecule has 1 unspecified atom stereocenters. The van der Waals surface area contributed by atoms with Crippen LogP contribution in [0.3, 0.4) is 0 Å². The first-order valence-electron chi connectivity index (χ1n) is 18.0. The van der Waals surface area contributed by atoms with E-state index < -0.39 is 0 Å². The minimum atomic E-state index is 0.0603. The van der Waals surface area contributed by atoms with Gasteiger partial charge in [-0.15, -0.1) is 0 Å². The number of aryl methyl sites for hydroxylation is 1. The molecule has 1 aromatic heterocycles. The molecule has 2 aliphatic carbocycles. The molecule has 48 heavy (non-hydrogen) atoms. The Morgan fingerprint density at radius 1 is 1.02 bits per heavy atom. The van der Waals surface area contributed by atoms with E-state index in [0.29, 0.717) is 5.92 Å². The molecule has 2 aromatic carbocycles. The first kappa shape index (κ1) is 32.7. The summed E-state index contributed by atoms with van der Waals surface area (Å²) >= 11 is 0. The Kier molecular flexibility index (Phi) is 8.55. The second-order valence-electron chi connectivity index (χ2n) is 15.2. The van der Waals surface area contributed by atoms with Crippen molar-refractivity contribution in [1.82, 2.24) is 14.4 Å². The third-order valence-electron chi connectivity index (χ3n) is 11.7. The molecule has 2 aliphatic heterocycles. The van der Waals surface area contributed by atoms with Crippen LogP contribution >= 0.6 is 0 Å². The van der Waals surface area contributed by atoms with Crippen molar-refractivity contribution in [2.75, 3.05) is 44.7 Å². The van der Waals surface area contributed by atoms with Crippen molar-refractivity contribution in [3.8, 4) is 16.9 Å². The van der Waals surface area contributed by atoms with Crippen LogP contribution in [0.15, 0.2) is 53.0 Å². The van der Waals surface area contributed by atoms with Gasteiger partial charge in [-0.3, -0.25) is 14.5 Å². The Morgan fingerprint density at radius 2 is 1.75 bits per heavy atom. The monoisotopic (exact) mass is 648 g/mol. The van der Waals surface area contributed by atoms with Crippen LogP contribution < -0.4 is 15.2 Å². The van der Waals surface area contributed by atoms with Crippen LogP contribution in [0.1, 0.15) is 91.8 Å². The van der Waals surface area contributed by atoms with Gasteiger partial charge in [0.2, 0.25) is 5.91 Å². The zero-order valence-electron chi connectivity index (χ0n) is 30.0. The zero-order chi connectivity index (χ0) is 33.9. The van der Waals surface area contributed by atoms with Crippen LogP contribution in [-0.2, 0) is 24.8 Å². The van der Waals surface area contributed by atoms with E-state index in [2.05, 4.69) is 71.9 Å². The molecule has 0 radical (unpaired) electrons. The molecule has 2 saturated carbocycles. The topological polar surface area (TPSA) is 58.0 Å². The van der Waals surface area contributed by atoms with Crippen molar-refractivity contribution < 1.29 is 9.53 Å². The lowest BCUT2D eigenvalue weighted by Crippen LogP contribution is -2.47. The maximum absolute atomic E-state index is 13.5. The summed E-state index contributed by atoms with van der Waals surface area (Å²) in [6.07, 6.45) is 9.89. The summed E-state index contributed by atoms with van der Waals surface area (Å²) in [7, 11) is 3.62. The Balaban J connectivity index is 1.07. The summed E-state index contributed by atoms with van der Waals surface area (Å²) in [4.78, 5) is 33.3. The number of carbonyl (C=O) groups excluding carboxylic acids is 1. The number of hydrogen-bond acceptors (Lipinski definition) is 5. The smallest absolute Gasteiger partial charge is 0.253 e. The predicted octanol–water partition coefficient (Wildman–Crippen LogP) is 7.07. The summed E-state index contributed by atoms with van der Waals surface area (Å²) in [5.41, 5.74) is 12.0. The lowest BCUT2D eigenvalue weighted by Gasteiger charge is -2.41. The molecule has 3 heterocycles. The minimum absolute atomic E-state index is 0.0603. The quantitative estimate of drug-likeness (QED) is 0.245. The molecule has 7 heteroatoms. The first-order chi connectivity index (χ1) is 23.0. The van der Waals surface area contributed by atoms with Crippen LogP contribution in [-0.4, -0.2) is 60.1 Å². The van der Waals surface area contributed by atoms with Gasteiger partial charge in [-0.25, -0.2) is 0 Å². The summed E-state index contributed by atoms with van der Waals surface area (Å²) in [5, 5.41) is 0. The number of pyridine rings is 1. The number of rotatable bonds is 8. The van der Waals surface area contributed by atoms with Gasteiger partial charge in [0.1, 0.15) is 5.75 Å². The summed E-state index contributed by atoms with van der Waals surface area (Å²) in [6.45, 7) is 16.0. The van der Waals surface area contributed by atoms with E-state index in [-0.39, 0.29) is 22.9 Å². The lowest BCUT2D eigenvalue weighted by atomic mass is 9.90. The van der Waals surface area contributed by atoms with Gasteiger partial charge in [-0.2, -0.15) is 0 Å². The van der Waals surface area contributed by atoms with Crippen molar-refractivity contribution >= 4 is 11.6 Å². The van der Waals surface area contributed by atoms with E-state index in [1.54, 1.807) is 11.7 Å². The molecule has 0 bridgehead atoms. The summed E-state index contributed by atoms with van der Waals surface area (Å²) in [5.74, 6) is 1.71. The molecule has 3 fully saturated rings. The number of methoxy groups -OCH3 is 1. The van der Waals surface area contributed by atoms with Gasteiger partial charge in [0.15, 0.2) is 0 Å². The van der Waals surface area contributed by atoms with Crippen molar-refractivity contribution in [3.05, 3.63) is 91.9 Å². The average Bonchev–Trinajstić information content (AvgIpc) is 4.03. The maximum Gasteiger partial charge on any atom is 0.253 e. The zero-order valence-corrected chi connectivity index (χ0v) is 30.0. The van der Waals surface area contributed by atoms with Gasteiger partial charge in [0.25, 0.3) is 5.56 Å². The molecule has 7 rings (SSSR count). The van der Waals surface area contributed by atoms with E-state index in [1.165, 1.54) is 53.6 Å². The third-order valence-corrected chi connectivity index (χ3v) is 11.7. The number of anilines is 1. The number of piperazine rings is 1. The van der Waals surface area contributed by atoms with Crippen LogP contribution in [0.5, 0.6) is 5.75 Å². The Bertz CT molecular complexity index is 1840. The SMILES string of the molecule is COc1cc(-c2cn(C)c(=O)c(C)c2C)cc(C2CC2)c1CN1CCN(c2cccc3c2CCN(C(=O)/C(C)=C/C2(C)CC2)C3C)CC1. The first-order valence-corrected chi connectivity index (χ1v) is 18.0. The average molecular weight is 649 g/mol. The molecule has 254 valence electrons. The fraction of sp³-hybridized carbons (Fsp3) is 0.512. The Labute approximate surface area is 286 Å². The normalized spacial score (nSPS) is 20.9. The summed E-state index contributed by atoms with van der Waals surface area (Å²) < 4.78 is 7.78. The highest BCUT2D eigenvalue weighted by Crippen LogP contribution is 2.48. The minimum Gasteiger partial charge on any atom is -0.496 e. The largest absolute Gasteiger partial charge is 0.496 e. The molecule has 3 aromatic rings. The molecule has 1 saturated heterocycles. The summed E-state index contributed by atoms with van der Waals surface area (Å²) in [6, 6.07) is 11.3. The number of benzene rings is 2. The number of allylic oxidation sites excluding steroid dienone is 1. The van der Waals surface area contributed by atoms with Gasteiger partial charge >= 0.3 is 0 Å². The van der Waals surface area contributed by atoms with Crippen molar-refractivity contribution in [2.24, 2.45) is 12.5 Å². The third kappa shape index (κ3) is 6.11. The van der Waals surface area contributed by atoms with Gasteiger partial charge < -0.3 is 19.1 Å². The molecular weight excluding hydrogens is 596 g/mol. The number of aromatic nitrogens is 1. The second-order valence-corrected chi connectivity index (χ2v) is 15.2. The molecule has 7 nitrogen and oxygen atoms in total. The number of hydrogen-bond donors (Lipinski definition) is 0. The van der Waals surface area contributed by atoms with Gasteiger partial charge in [-0.05, 0) is 111 Å². The van der Waals surface area contributed by atoms with Gasteiger partial charge in [0, 0.05) is 80.5 Å². The highest BCUT2D eigenvalue weighted by atomic mass is 16.5. The number of carbonyl (C=O) groups is 1. The lowest BCUT2D eigenvalue weighted by molar-refractivity contribution is -0.129. The highest BCUT2D eigenvalue weighted by Gasteiger charge is 2.37. The van der Waals surface area contributed by atoms with E-state index in [9.17, 15) is 9.59 Å². The van der Waals surface area contributed by atoms with Crippen molar-refractivity contribution in [2.45, 2.75) is 85.2 Å². The van der Waals surface area contributed by atoms with Crippen LogP contribution in [0.2, 0.25) is 0 Å². The van der Waals surface area contributed by atoms with Crippen LogP contribution in [0, 0.1) is 19.3 Å². The molecule has 0 spiro atoms. The highest BCUT2D eigenvalue weighted by molar-refractivity contribution is 5.93. The number of ether oxygens (including phenoxy) is 1. The molecule has 0 N–H and O–H groups in total. The van der Waals surface area contributed by atoms with Crippen molar-refractivity contribution in [3.63, 3.8) is 0 Å². The van der Waals surface area contributed by atoms with E-state index in [1.807, 2.05) is 27.1 Å². The predicted molar refractivity (Wildman–Crippen MR) is 194 cm³/mol. The van der Waals surface area contributed by atoms with Crippen LogP contribution in [0.4, 0.5) is 5.69 Å². The number of nitrogens with zero attached hydrogens (tertiary/aromatic N) is 4. The molecule has 1 atom stereocenters. The standard InChI is InChI=1S/C41H52N4O3/c1-26(23-41(5)14-15-41)39(46)45-16-13-33-32(29(45)4)9-8-10-37(33)44-19-17-43(18-20-44)25-36-34(30-11-12-30)21-31(22-38(36)48-7)35-24-42(6)40(47)28(3)27(35)2/h8-10,21-24,29-30H,11-20,25H2,1-7H3/b26-23+. The maximum atomic E-state index is 13.5. The Hall–Kier alpha value is -3.84. The number of fused-ring (bicyclic) bond motifs is 1. The number of amides is 1. The van der Waals surface area contributed by atoms with Crippen LogP contribution in [0.25, 0.3) is 11.1 Å². The van der Waals surface area contributed by atoms with Crippen molar-refractivity contribution in [1.29, 1.82) is 0 Å². The molecule has 4 aliphatic rings.